The van der Waals surface area contributed by atoms with Crippen molar-refractivity contribution in [2.75, 3.05) is 31.6 Å². The third-order valence-electron chi connectivity index (χ3n) is 3.74. The van der Waals surface area contributed by atoms with Crippen LogP contribution in [-0.2, 0) is 14.8 Å². The summed E-state index contributed by atoms with van der Waals surface area (Å²) in [4.78, 5) is 12.5. The Morgan fingerprint density at radius 1 is 1.26 bits per heavy atom. The van der Waals surface area contributed by atoms with Crippen LogP contribution in [0.2, 0.25) is 0 Å². The van der Waals surface area contributed by atoms with Gasteiger partial charge in [-0.3, -0.25) is 4.79 Å². The maximum atomic E-state index is 12.8. The molecule has 0 saturated carbocycles. The second-order valence-corrected chi connectivity index (χ2v) is 8.31. The minimum absolute atomic E-state index is 0.0154. The van der Waals surface area contributed by atoms with E-state index in [4.69, 9.17) is 4.74 Å². The van der Waals surface area contributed by atoms with Crippen LogP contribution >= 0.6 is 11.3 Å². The number of hydrogen-bond donors (Lipinski definition) is 1. The van der Waals surface area contributed by atoms with Crippen LogP contribution in [0, 0.1) is 0 Å². The van der Waals surface area contributed by atoms with Crippen molar-refractivity contribution in [1.82, 2.24) is 4.31 Å². The van der Waals surface area contributed by atoms with Crippen LogP contribution in [0.1, 0.15) is 9.67 Å². The number of sulfonamides is 1. The highest BCUT2D eigenvalue weighted by Gasteiger charge is 2.31. The molecule has 11 heteroatoms. The number of nitrogens with one attached hydrogen (secondary N) is 1. The largest absolute Gasteiger partial charge is 0.435 e. The summed E-state index contributed by atoms with van der Waals surface area (Å²) in [6, 6.07) is 6.85. The normalized spacial score (nSPS) is 15.7. The molecular formula is C16H16F2N2O5S2. The molecule has 0 spiro atoms. The van der Waals surface area contributed by atoms with Gasteiger partial charge in [-0.05, 0) is 23.6 Å². The van der Waals surface area contributed by atoms with Gasteiger partial charge in [0.05, 0.1) is 13.2 Å². The summed E-state index contributed by atoms with van der Waals surface area (Å²) in [5.74, 6) is -0.763. The lowest BCUT2D eigenvalue weighted by molar-refractivity contribution is -0.0498. The fourth-order valence-corrected chi connectivity index (χ4v) is 5.23. The summed E-state index contributed by atoms with van der Waals surface area (Å²) in [5, 5.41) is 4.02. The number of halogens is 2. The van der Waals surface area contributed by atoms with Crippen LogP contribution in [0.5, 0.6) is 5.75 Å². The molecule has 0 bridgehead atoms. The highest BCUT2D eigenvalue weighted by Crippen LogP contribution is 2.27. The molecule has 0 aliphatic carbocycles. The van der Waals surface area contributed by atoms with Gasteiger partial charge >= 0.3 is 6.61 Å². The van der Waals surface area contributed by atoms with Crippen LogP contribution < -0.4 is 10.1 Å². The van der Waals surface area contributed by atoms with Gasteiger partial charge in [0.2, 0.25) is 10.0 Å². The first-order valence-electron chi connectivity index (χ1n) is 7.89. The second-order valence-electron chi connectivity index (χ2n) is 5.49. The van der Waals surface area contributed by atoms with E-state index in [1.54, 1.807) is 0 Å². The van der Waals surface area contributed by atoms with Gasteiger partial charge in [0.1, 0.15) is 15.5 Å². The van der Waals surface area contributed by atoms with Gasteiger partial charge in [-0.2, -0.15) is 13.1 Å². The molecule has 1 saturated heterocycles. The van der Waals surface area contributed by atoms with Gasteiger partial charge in [0, 0.05) is 24.8 Å². The number of alkyl halides is 2. The molecule has 0 radical (unpaired) electrons. The van der Waals surface area contributed by atoms with E-state index in [0.29, 0.717) is 13.2 Å². The number of hydrogen-bond acceptors (Lipinski definition) is 6. The lowest BCUT2D eigenvalue weighted by Crippen LogP contribution is -2.41. The molecule has 27 heavy (non-hydrogen) atoms. The number of ether oxygens (including phenoxy) is 2. The minimum atomic E-state index is -3.83. The van der Waals surface area contributed by atoms with Gasteiger partial charge in [0.15, 0.2) is 0 Å². The van der Waals surface area contributed by atoms with Crippen molar-refractivity contribution in [1.29, 1.82) is 0 Å². The molecule has 1 aliphatic rings. The topological polar surface area (TPSA) is 84.9 Å². The van der Waals surface area contributed by atoms with Crippen molar-refractivity contribution >= 4 is 33.0 Å². The summed E-state index contributed by atoms with van der Waals surface area (Å²) in [6.45, 7) is -1.97. The fraction of sp³-hybridized carbons (Fsp3) is 0.312. The highest BCUT2D eigenvalue weighted by atomic mass is 32.2. The van der Waals surface area contributed by atoms with E-state index in [0.717, 1.165) is 11.3 Å². The van der Waals surface area contributed by atoms with Crippen molar-refractivity contribution in [3.8, 4) is 5.75 Å². The molecule has 1 aromatic heterocycles. The first-order valence-corrected chi connectivity index (χ1v) is 10.2. The van der Waals surface area contributed by atoms with Gasteiger partial charge in [-0.25, -0.2) is 8.42 Å². The highest BCUT2D eigenvalue weighted by molar-refractivity contribution is 7.89. The first kappa shape index (κ1) is 19.7. The van der Waals surface area contributed by atoms with Gasteiger partial charge < -0.3 is 14.8 Å². The number of rotatable bonds is 6. The van der Waals surface area contributed by atoms with E-state index in [2.05, 4.69) is 10.1 Å². The maximum absolute atomic E-state index is 12.8. The average Bonchev–Trinajstić information content (AvgIpc) is 3.13. The summed E-state index contributed by atoms with van der Waals surface area (Å²) in [7, 11) is -3.83. The molecular weight excluding hydrogens is 402 g/mol. The Bertz CT molecular complexity index is 911. The molecule has 146 valence electrons. The van der Waals surface area contributed by atoms with E-state index in [-0.39, 0.29) is 34.3 Å². The Morgan fingerprint density at radius 2 is 2.00 bits per heavy atom. The van der Waals surface area contributed by atoms with E-state index in [1.807, 2.05) is 0 Å². The lowest BCUT2D eigenvalue weighted by Gasteiger charge is -2.26. The van der Waals surface area contributed by atoms with Crippen LogP contribution in [0.4, 0.5) is 14.5 Å². The quantitative estimate of drug-likeness (QED) is 0.780. The van der Waals surface area contributed by atoms with Crippen molar-refractivity contribution in [3.05, 3.63) is 40.6 Å². The standard InChI is InChI=1S/C16H16F2N2O5S2/c17-16(18)25-12-3-1-2-11(10-12)19-15(21)14-13(4-9-26-14)27(22,23)20-5-7-24-8-6-20/h1-4,9-10,16H,5-8H2,(H,19,21). The lowest BCUT2D eigenvalue weighted by atomic mass is 10.3. The van der Waals surface area contributed by atoms with Crippen LogP contribution in [0.3, 0.4) is 0 Å². The predicted octanol–water partition coefficient (Wildman–Crippen LogP) is 2.62. The Morgan fingerprint density at radius 3 is 2.70 bits per heavy atom. The average molecular weight is 418 g/mol. The number of thiophene rings is 1. The number of benzene rings is 1. The number of morpholine rings is 1. The van der Waals surface area contributed by atoms with Crippen molar-refractivity contribution in [2.45, 2.75) is 11.5 Å². The van der Waals surface area contributed by atoms with Crippen LogP contribution in [-0.4, -0.2) is 51.5 Å². The minimum Gasteiger partial charge on any atom is -0.435 e. The zero-order valence-electron chi connectivity index (χ0n) is 13.9. The summed E-state index contributed by atoms with van der Waals surface area (Å²) in [6.07, 6.45) is 0. The van der Waals surface area contributed by atoms with E-state index < -0.39 is 22.5 Å². The Balaban J connectivity index is 1.80. The zero-order chi connectivity index (χ0) is 19.4. The third-order valence-corrected chi connectivity index (χ3v) is 6.72. The molecule has 1 aromatic carbocycles. The predicted molar refractivity (Wildman–Crippen MR) is 94.9 cm³/mol. The van der Waals surface area contributed by atoms with E-state index in [1.165, 1.54) is 40.0 Å². The Labute approximate surface area is 158 Å². The van der Waals surface area contributed by atoms with Gasteiger partial charge in [0.25, 0.3) is 5.91 Å². The number of carbonyl (C=O) groups is 1. The number of nitrogens with zero attached hydrogens (tertiary/aromatic N) is 1. The maximum Gasteiger partial charge on any atom is 0.387 e. The van der Waals surface area contributed by atoms with E-state index in [9.17, 15) is 22.0 Å². The molecule has 2 heterocycles. The molecule has 1 fully saturated rings. The number of carbonyl (C=O) groups excluding carboxylic acids is 1. The molecule has 1 aliphatic heterocycles. The molecule has 0 unspecified atom stereocenters. The Hall–Kier alpha value is -2.08. The smallest absolute Gasteiger partial charge is 0.387 e. The SMILES string of the molecule is O=C(Nc1cccc(OC(F)F)c1)c1sccc1S(=O)(=O)N1CCOCC1. The van der Waals surface area contributed by atoms with Crippen molar-refractivity contribution in [3.63, 3.8) is 0 Å². The van der Waals surface area contributed by atoms with Crippen LogP contribution in [0.15, 0.2) is 40.6 Å². The number of amides is 1. The van der Waals surface area contributed by atoms with Gasteiger partial charge in [-0.15, -0.1) is 11.3 Å². The van der Waals surface area contributed by atoms with Crippen molar-refractivity contribution < 1.29 is 31.5 Å². The first-order chi connectivity index (χ1) is 12.9. The zero-order valence-corrected chi connectivity index (χ0v) is 15.6. The molecule has 1 N–H and O–H groups in total. The van der Waals surface area contributed by atoms with Crippen molar-refractivity contribution in [2.24, 2.45) is 0 Å². The monoisotopic (exact) mass is 418 g/mol. The third kappa shape index (κ3) is 4.61. The number of anilines is 1. The second kappa shape index (κ2) is 8.30. The summed E-state index contributed by atoms with van der Waals surface area (Å²) in [5.41, 5.74) is 0.210. The molecule has 2 aromatic rings. The van der Waals surface area contributed by atoms with Crippen LogP contribution in [0.25, 0.3) is 0 Å². The fourth-order valence-electron chi connectivity index (χ4n) is 2.53. The molecule has 3 rings (SSSR count). The molecule has 0 atom stereocenters. The van der Waals surface area contributed by atoms with Gasteiger partial charge in [-0.1, -0.05) is 6.07 Å². The molecule has 7 nitrogen and oxygen atoms in total. The molecule has 1 amide bonds. The van der Waals surface area contributed by atoms with E-state index >= 15 is 0 Å². The summed E-state index contributed by atoms with van der Waals surface area (Å²) >= 11 is 0.982. The Kier molecular flexibility index (Phi) is 6.05. The summed E-state index contributed by atoms with van der Waals surface area (Å²) < 4.78 is 60.9.